The van der Waals surface area contributed by atoms with Crippen molar-refractivity contribution >= 4 is 33.2 Å². The summed E-state index contributed by atoms with van der Waals surface area (Å²) in [6.07, 6.45) is 0. The van der Waals surface area contributed by atoms with Crippen molar-refractivity contribution in [2.24, 2.45) is 0 Å². The minimum atomic E-state index is -3.85. The van der Waals surface area contributed by atoms with E-state index in [1.807, 2.05) is 0 Å². The number of sulfonamides is 1. The van der Waals surface area contributed by atoms with Crippen molar-refractivity contribution in [2.75, 3.05) is 7.11 Å². The fourth-order valence-electron chi connectivity index (χ4n) is 2.00. The van der Waals surface area contributed by atoms with Crippen LogP contribution >= 0.6 is 23.2 Å². The second-order valence-electron chi connectivity index (χ2n) is 4.84. The molecule has 2 aromatic rings. The molecular formula is C15H14Cl2FNO3S. The molecule has 1 N–H and O–H groups in total. The minimum Gasteiger partial charge on any atom is -0.494 e. The molecule has 23 heavy (non-hydrogen) atoms. The van der Waals surface area contributed by atoms with Crippen LogP contribution in [0.5, 0.6) is 5.75 Å². The molecule has 2 rings (SSSR count). The second-order valence-corrected chi connectivity index (χ2v) is 7.43. The molecule has 124 valence electrons. The SMILES string of the molecule is COc1ccc(C(C)NS(=O)(=O)c2cc(Cl)cc(Cl)c2)cc1F. The standard InChI is InChI=1S/C15H14Cl2FNO3S/c1-9(10-3-4-15(22-2)14(18)5-10)19-23(20,21)13-7-11(16)6-12(17)8-13/h3-9,19H,1-2H3. The molecule has 0 aliphatic carbocycles. The molecule has 0 radical (unpaired) electrons. The van der Waals surface area contributed by atoms with E-state index < -0.39 is 21.9 Å². The smallest absolute Gasteiger partial charge is 0.241 e. The van der Waals surface area contributed by atoms with E-state index in [1.165, 1.54) is 37.4 Å². The zero-order valence-electron chi connectivity index (χ0n) is 12.3. The predicted octanol–water partition coefficient (Wildman–Crippen LogP) is 4.18. The molecule has 1 atom stereocenters. The lowest BCUT2D eigenvalue weighted by Crippen LogP contribution is -2.27. The molecule has 0 aliphatic rings. The first-order valence-electron chi connectivity index (χ1n) is 6.55. The Labute approximate surface area is 144 Å². The van der Waals surface area contributed by atoms with Gasteiger partial charge in [0.15, 0.2) is 11.6 Å². The van der Waals surface area contributed by atoms with E-state index in [9.17, 15) is 12.8 Å². The van der Waals surface area contributed by atoms with Gasteiger partial charge in [-0.25, -0.2) is 17.5 Å². The van der Waals surface area contributed by atoms with Gasteiger partial charge in [-0.05, 0) is 42.8 Å². The lowest BCUT2D eigenvalue weighted by molar-refractivity contribution is 0.386. The van der Waals surface area contributed by atoms with Gasteiger partial charge in [0, 0.05) is 16.1 Å². The highest BCUT2D eigenvalue weighted by atomic mass is 35.5. The summed E-state index contributed by atoms with van der Waals surface area (Å²) in [6, 6.07) is 7.60. The molecule has 0 heterocycles. The van der Waals surface area contributed by atoms with Gasteiger partial charge in [0.05, 0.1) is 12.0 Å². The molecule has 2 aromatic carbocycles. The molecule has 0 spiro atoms. The summed E-state index contributed by atoms with van der Waals surface area (Å²) in [7, 11) is -2.50. The number of halogens is 3. The Kier molecular flexibility index (Phi) is 5.52. The first kappa shape index (κ1) is 18.0. The fraction of sp³-hybridized carbons (Fsp3) is 0.200. The summed E-state index contributed by atoms with van der Waals surface area (Å²) in [5, 5.41) is 0.419. The summed E-state index contributed by atoms with van der Waals surface area (Å²) in [4.78, 5) is -0.0594. The lowest BCUT2D eigenvalue weighted by Gasteiger charge is -2.16. The summed E-state index contributed by atoms with van der Waals surface area (Å²) >= 11 is 11.6. The van der Waals surface area contributed by atoms with E-state index in [0.29, 0.717) is 5.56 Å². The van der Waals surface area contributed by atoms with Crippen LogP contribution in [0.25, 0.3) is 0 Å². The second kappa shape index (κ2) is 7.05. The van der Waals surface area contributed by atoms with Crippen LogP contribution in [0.15, 0.2) is 41.3 Å². The van der Waals surface area contributed by atoms with Crippen molar-refractivity contribution in [2.45, 2.75) is 17.9 Å². The summed E-state index contributed by atoms with van der Waals surface area (Å²) < 4.78 is 45.8. The predicted molar refractivity (Wildman–Crippen MR) is 88.2 cm³/mol. The summed E-state index contributed by atoms with van der Waals surface area (Å²) in [5.74, 6) is -0.479. The molecule has 0 amide bonds. The Balaban J connectivity index is 2.27. The Morgan fingerprint density at radius 1 is 1.13 bits per heavy atom. The largest absolute Gasteiger partial charge is 0.494 e. The van der Waals surface area contributed by atoms with Crippen molar-refractivity contribution < 1.29 is 17.5 Å². The fourth-order valence-corrected chi connectivity index (χ4v) is 3.96. The van der Waals surface area contributed by atoms with Crippen molar-refractivity contribution in [3.05, 3.63) is 57.8 Å². The highest BCUT2D eigenvalue weighted by Gasteiger charge is 2.20. The van der Waals surface area contributed by atoms with Gasteiger partial charge >= 0.3 is 0 Å². The average molecular weight is 378 g/mol. The van der Waals surface area contributed by atoms with E-state index in [-0.39, 0.29) is 20.7 Å². The quantitative estimate of drug-likeness (QED) is 0.849. The number of hydrogen-bond donors (Lipinski definition) is 1. The molecule has 0 fully saturated rings. The Hall–Kier alpha value is -1.34. The van der Waals surface area contributed by atoms with Crippen LogP contribution in [-0.2, 0) is 10.0 Å². The number of ether oxygens (including phenoxy) is 1. The van der Waals surface area contributed by atoms with E-state index in [4.69, 9.17) is 27.9 Å². The monoisotopic (exact) mass is 377 g/mol. The molecule has 8 heteroatoms. The van der Waals surface area contributed by atoms with Gasteiger partial charge in [0.2, 0.25) is 10.0 Å². The van der Waals surface area contributed by atoms with Gasteiger partial charge in [-0.15, -0.1) is 0 Å². The molecular weight excluding hydrogens is 364 g/mol. The number of hydrogen-bond acceptors (Lipinski definition) is 3. The van der Waals surface area contributed by atoms with E-state index >= 15 is 0 Å². The van der Waals surface area contributed by atoms with Crippen LogP contribution in [0, 0.1) is 5.82 Å². The van der Waals surface area contributed by atoms with E-state index in [1.54, 1.807) is 13.0 Å². The van der Waals surface area contributed by atoms with Gasteiger partial charge < -0.3 is 4.74 Å². The van der Waals surface area contributed by atoms with E-state index in [0.717, 1.165) is 0 Å². The maximum Gasteiger partial charge on any atom is 0.241 e. The molecule has 0 saturated carbocycles. The molecule has 0 bridgehead atoms. The van der Waals surface area contributed by atoms with Crippen LogP contribution in [0.2, 0.25) is 10.0 Å². The maximum atomic E-state index is 13.7. The number of methoxy groups -OCH3 is 1. The Morgan fingerprint density at radius 2 is 1.74 bits per heavy atom. The van der Waals surface area contributed by atoms with Crippen LogP contribution in [0.1, 0.15) is 18.5 Å². The van der Waals surface area contributed by atoms with Gasteiger partial charge in [0.1, 0.15) is 0 Å². The Bertz CT molecular complexity index is 807. The van der Waals surface area contributed by atoms with Crippen LogP contribution < -0.4 is 9.46 Å². The topological polar surface area (TPSA) is 55.4 Å². The zero-order valence-corrected chi connectivity index (χ0v) is 14.6. The first-order valence-corrected chi connectivity index (χ1v) is 8.78. The average Bonchev–Trinajstić information content (AvgIpc) is 2.45. The third-order valence-corrected chi connectivity index (χ3v) is 5.11. The first-order chi connectivity index (χ1) is 10.7. The third kappa shape index (κ3) is 4.35. The van der Waals surface area contributed by atoms with Crippen LogP contribution in [0.3, 0.4) is 0 Å². The molecule has 1 unspecified atom stereocenters. The normalized spacial score (nSPS) is 12.9. The summed E-state index contributed by atoms with van der Waals surface area (Å²) in [6.45, 7) is 1.60. The van der Waals surface area contributed by atoms with Crippen LogP contribution in [-0.4, -0.2) is 15.5 Å². The highest BCUT2D eigenvalue weighted by molar-refractivity contribution is 7.89. The number of benzene rings is 2. The van der Waals surface area contributed by atoms with Gasteiger partial charge in [-0.1, -0.05) is 29.3 Å². The summed E-state index contributed by atoms with van der Waals surface area (Å²) in [5.41, 5.74) is 0.458. The van der Waals surface area contributed by atoms with Crippen molar-refractivity contribution in [3.63, 3.8) is 0 Å². The van der Waals surface area contributed by atoms with Crippen LogP contribution in [0.4, 0.5) is 4.39 Å². The Morgan fingerprint density at radius 3 is 2.26 bits per heavy atom. The van der Waals surface area contributed by atoms with Crippen molar-refractivity contribution in [1.82, 2.24) is 4.72 Å². The molecule has 0 saturated heterocycles. The zero-order chi connectivity index (χ0) is 17.2. The van der Waals surface area contributed by atoms with Gasteiger partial charge in [-0.2, -0.15) is 0 Å². The molecule has 4 nitrogen and oxygen atoms in total. The lowest BCUT2D eigenvalue weighted by atomic mass is 10.1. The third-order valence-electron chi connectivity index (χ3n) is 3.15. The van der Waals surface area contributed by atoms with Gasteiger partial charge in [0.25, 0.3) is 0 Å². The van der Waals surface area contributed by atoms with Crippen molar-refractivity contribution in [1.29, 1.82) is 0 Å². The minimum absolute atomic E-state index is 0.0594. The van der Waals surface area contributed by atoms with E-state index in [2.05, 4.69) is 4.72 Å². The molecule has 0 aliphatic heterocycles. The number of nitrogens with one attached hydrogen (secondary N) is 1. The van der Waals surface area contributed by atoms with Gasteiger partial charge in [-0.3, -0.25) is 0 Å². The van der Waals surface area contributed by atoms with Crippen molar-refractivity contribution in [3.8, 4) is 5.75 Å². The maximum absolute atomic E-state index is 13.7. The molecule has 0 aromatic heterocycles. The number of rotatable bonds is 5. The highest BCUT2D eigenvalue weighted by Crippen LogP contribution is 2.25.